The molecule has 148 valence electrons. The van der Waals surface area contributed by atoms with E-state index in [-0.39, 0.29) is 47.5 Å². The molecular weight excluding hydrogens is 409 g/mol. The van der Waals surface area contributed by atoms with E-state index < -0.39 is 18.5 Å². The van der Waals surface area contributed by atoms with Gasteiger partial charge in [-0.1, -0.05) is 35.4 Å². The SMILES string of the molecule is O=C(COC(=O)CCN1C(=O)C2CC=CCC2C1=O)Nc1ncc(Cl)cc1Cl. The minimum atomic E-state index is -0.695. The summed E-state index contributed by atoms with van der Waals surface area (Å²) in [5, 5.41) is 2.86. The van der Waals surface area contributed by atoms with Crippen molar-refractivity contribution in [3.05, 3.63) is 34.5 Å². The van der Waals surface area contributed by atoms with Gasteiger partial charge in [0.15, 0.2) is 12.4 Å². The van der Waals surface area contributed by atoms with E-state index in [1.54, 1.807) is 0 Å². The Labute approximate surface area is 170 Å². The van der Waals surface area contributed by atoms with E-state index in [1.165, 1.54) is 12.3 Å². The number of amides is 3. The molecule has 1 saturated heterocycles. The fraction of sp³-hybridized carbons (Fsp3) is 0.389. The van der Waals surface area contributed by atoms with Gasteiger partial charge in [0.2, 0.25) is 11.8 Å². The van der Waals surface area contributed by atoms with Gasteiger partial charge in [0.1, 0.15) is 0 Å². The van der Waals surface area contributed by atoms with E-state index in [1.807, 2.05) is 12.2 Å². The number of carbonyl (C=O) groups excluding carboxylic acids is 4. The molecule has 0 saturated carbocycles. The topological polar surface area (TPSA) is 106 Å². The molecule has 0 aromatic carbocycles. The first-order valence-corrected chi connectivity index (χ1v) is 9.39. The van der Waals surface area contributed by atoms with Crippen LogP contribution >= 0.6 is 23.2 Å². The Kier molecular flexibility index (Phi) is 6.31. The molecule has 28 heavy (non-hydrogen) atoms. The van der Waals surface area contributed by atoms with Crippen molar-refractivity contribution in [3.63, 3.8) is 0 Å². The van der Waals surface area contributed by atoms with Crippen LogP contribution in [-0.4, -0.2) is 46.7 Å². The number of rotatable bonds is 6. The molecule has 2 atom stereocenters. The van der Waals surface area contributed by atoms with E-state index in [0.717, 1.165) is 4.90 Å². The van der Waals surface area contributed by atoms with Crippen LogP contribution in [0.5, 0.6) is 0 Å². The molecule has 2 aliphatic rings. The Balaban J connectivity index is 1.44. The second kappa shape index (κ2) is 8.70. The van der Waals surface area contributed by atoms with E-state index >= 15 is 0 Å². The maximum atomic E-state index is 12.3. The number of ether oxygens (including phenoxy) is 1. The van der Waals surface area contributed by atoms with Crippen LogP contribution in [0.4, 0.5) is 5.82 Å². The molecule has 0 bridgehead atoms. The van der Waals surface area contributed by atoms with Crippen molar-refractivity contribution in [2.45, 2.75) is 19.3 Å². The van der Waals surface area contributed by atoms with Crippen LogP contribution < -0.4 is 5.32 Å². The number of imide groups is 1. The Morgan fingerprint density at radius 3 is 2.43 bits per heavy atom. The Morgan fingerprint density at radius 2 is 1.82 bits per heavy atom. The number of nitrogens with one attached hydrogen (secondary N) is 1. The van der Waals surface area contributed by atoms with Crippen molar-refractivity contribution in [1.29, 1.82) is 0 Å². The van der Waals surface area contributed by atoms with Gasteiger partial charge in [-0.2, -0.15) is 0 Å². The number of carbonyl (C=O) groups is 4. The Morgan fingerprint density at radius 1 is 1.18 bits per heavy atom. The highest BCUT2D eigenvalue weighted by Gasteiger charge is 2.46. The molecule has 1 aromatic rings. The zero-order chi connectivity index (χ0) is 20.3. The molecule has 2 unspecified atom stereocenters. The molecular formula is C18H17Cl2N3O5. The molecule has 1 aliphatic carbocycles. The molecule has 1 fully saturated rings. The number of nitrogens with zero attached hydrogens (tertiary/aromatic N) is 2. The predicted octanol–water partition coefficient (Wildman–Crippen LogP) is 2.21. The molecule has 3 rings (SSSR count). The maximum absolute atomic E-state index is 12.3. The molecule has 0 radical (unpaired) electrons. The molecule has 3 amide bonds. The first kappa shape index (κ1) is 20.3. The van der Waals surface area contributed by atoms with Gasteiger partial charge in [0.25, 0.3) is 5.91 Å². The second-order valence-electron chi connectivity index (χ2n) is 6.43. The summed E-state index contributed by atoms with van der Waals surface area (Å²) < 4.78 is 4.88. The van der Waals surface area contributed by atoms with Crippen molar-refractivity contribution in [3.8, 4) is 0 Å². The average molecular weight is 426 g/mol. The lowest BCUT2D eigenvalue weighted by atomic mass is 9.85. The van der Waals surface area contributed by atoms with Crippen LogP contribution in [0.3, 0.4) is 0 Å². The van der Waals surface area contributed by atoms with Gasteiger partial charge < -0.3 is 10.1 Å². The zero-order valence-corrected chi connectivity index (χ0v) is 16.2. The molecule has 1 N–H and O–H groups in total. The average Bonchev–Trinajstić information content (AvgIpc) is 2.91. The summed E-state index contributed by atoms with van der Waals surface area (Å²) in [6.07, 6.45) is 5.99. The van der Waals surface area contributed by atoms with Crippen LogP contribution in [0, 0.1) is 11.8 Å². The Hall–Kier alpha value is -2.45. The minimum absolute atomic E-state index is 0.0598. The Bertz CT molecular complexity index is 832. The van der Waals surface area contributed by atoms with E-state index in [2.05, 4.69) is 10.3 Å². The standard InChI is InChI=1S/C18H17Cl2N3O5/c19-10-7-13(20)16(21-8-10)22-14(24)9-28-15(25)5-6-23-17(26)11-3-1-2-4-12(11)18(23)27/h1-2,7-8,11-12H,3-6,9H2,(H,21,22,24). The lowest BCUT2D eigenvalue weighted by Gasteiger charge is -2.14. The summed E-state index contributed by atoms with van der Waals surface area (Å²) >= 11 is 11.6. The summed E-state index contributed by atoms with van der Waals surface area (Å²) in [6.45, 7) is -0.605. The first-order valence-electron chi connectivity index (χ1n) is 8.63. The summed E-state index contributed by atoms with van der Waals surface area (Å²) in [7, 11) is 0. The van der Waals surface area contributed by atoms with Crippen LogP contribution in [0.15, 0.2) is 24.4 Å². The number of anilines is 1. The van der Waals surface area contributed by atoms with Crippen molar-refractivity contribution < 1.29 is 23.9 Å². The number of hydrogen-bond donors (Lipinski definition) is 1. The van der Waals surface area contributed by atoms with Gasteiger partial charge in [-0.25, -0.2) is 4.98 Å². The van der Waals surface area contributed by atoms with E-state index in [4.69, 9.17) is 27.9 Å². The summed E-state index contributed by atoms with van der Waals surface area (Å²) in [4.78, 5) is 53.3. The van der Waals surface area contributed by atoms with Crippen LogP contribution in [0.1, 0.15) is 19.3 Å². The molecule has 8 nitrogen and oxygen atoms in total. The smallest absolute Gasteiger partial charge is 0.308 e. The highest BCUT2D eigenvalue weighted by Crippen LogP contribution is 2.35. The van der Waals surface area contributed by atoms with E-state index in [0.29, 0.717) is 17.9 Å². The third-order valence-corrected chi connectivity index (χ3v) is 5.06. The predicted molar refractivity (Wildman–Crippen MR) is 101 cm³/mol. The second-order valence-corrected chi connectivity index (χ2v) is 7.27. The number of likely N-dealkylation sites (tertiary alicyclic amines) is 1. The summed E-state index contributed by atoms with van der Waals surface area (Å²) in [5.41, 5.74) is 0. The number of halogens is 2. The first-order chi connectivity index (χ1) is 13.4. The summed E-state index contributed by atoms with van der Waals surface area (Å²) in [5.74, 6) is -2.42. The third-order valence-electron chi connectivity index (χ3n) is 4.57. The number of pyridine rings is 1. The lowest BCUT2D eigenvalue weighted by Crippen LogP contribution is -2.33. The fourth-order valence-corrected chi connectivity index (χ4v) is 3.61. The third kappa shape index (κ3) is 4.51. The molecule has 1 aliphatic heterocycles. The summed E-state index contributed by atoms with van der Waals surface area (Å²) in [6, 6.07) is 1.41. The minimum Gasteiger partial charge on any atom is -0.456 e. The quantitative estimate of drug-likeness (QED) is 0.425. The van der Waals surface area contributed by atoms with Crippen LogP contribution in [0.2, 0.25) is 10.0 Å². The lowest BCUT2D eigenvalue weighted by molar-refractivity contribution is -0.148. The number of fused-ring (bicyclic) bond motifs is 1. The van der Waals surface area contributed by atoms with Gasteiger partial charge in [0, 0.05) is 12.7 Å². The van der Waals surface area contributed by atoms with Gasteiger partial charge in [0.05, 0.1) is 28.3 Å². The number of esters is 1. The van der Waals surface area contributed by atoms with Crippen LogP contribution in [-0.2, 0) is 23.9 Å². The molecule has 2 heterocycles. The van der Waals surface area contributed by atoms with Gasteiger partial charge >= 0.3 is 5.97 Å². The normalized spacial score (nSPS) is 20.9. The number of hydrogen-bond acceptors (Lipinski definition) is 6. The highest BCUT2D eigenvalue weighted by atomic mass is 35.5. The monoisotopic (exact) mass is 425 g/mol. The largest absolute Gasteiger partial charge is 0.456 e. The van der Waals surface area contributed by atoms with E-state index in [9.17, 15) is 19.2 Å². The number of allylic oxidation sites excluding steroid dienone is 2. The molecule has 10 heteroatoms. The van der Waals surface area contributed by atoms with Gasteiger partial charge in [-0.3, -0.25) is 24.1 Å². The molecule has 0 spiro atoms. The van der Waals surface area contributed by atoms with Crippen molar-refractivity contribution in [2.24, 2.45) is 11.8 Å². The fourth-order valence-electron chi connectivity index (χ4n) is 3.19. The van der Waals surface area contributed by atoms with Crippen molar-refractivity contribution in [2.75, 3.05) is 18.5 Å². The maximum Gasteiger partial charge on any atom is 0.308 e. The molecule has 1 aromatic heterocycles. The highest BCUT2D eigenvalue weighted by molar-refractivity contribution is 6.36. The van der Waals surface area contributed by atoms with Gasteiger partial charge in [-0.05, 0) is 18.9 Å². The van der Waals surface area contributed by atoms with Gasteiger partial charge in [-0.15, -0.1) is 0 Å². The van der Waals surface area contributed by atoms with Crippen molar-refractivity contribution >= 4 is 52.7 Å². The zero-order valence-electron chi connectivity index (χ0n) is 14.7. The number of aromatic nitrogens is 1. The van der Waals surface area contributed by atoms with Crippen molar-refractivity contribution in [1.82, 2.24) is 9.88 Å². The van der Waals surface area contributed by atoms with Crippen LogP contribution in [0.25, 0.3) is 0 Å².